The van der Waals surface area contributed by atoms with Crippen molar-refractivity contribution in [3.63, 3.8) is 0 Å². The molecule has 2 heterocycles. The summed E-state index contributed by atoms with van der Waals surface area (Å²) >= 11 is 1.22. The Morgan fingerprint density at radius 3 is 2.59 bits per heavy atom. The van der Waals surface area contributed by atoms with E-state index in [-0.39, 0.29) is 18.0 Å². The number of nitrogens with one attached hydrogen (secondary N) is 2. The van der Waals surface area contributed by atoms with E-state index < -0.39 is 10.0 Å². The lowest BCUT2D eigenvalue weighted by Gasteiger charge is -2.35. The Morgan fingerprint density at radius 1 is 1.22 bits per heavy atom. The molecule has 1 fully saturated rings. The van der Waals surface area contributed by atoms with E-state index in [2.05, 4.69) is 14.9 Å². The molecule has 1 unspecified atom stereocenters. The molecule has 1 saturated heterocycles. The first-order valence-electron chi connectivity index (χ1n) is 9.02. The lowest BCUT2D eigenvalue weighted by molar-refractivity contribution is -0.121. The first kappa shape index (κ1) is 20.0. The van der Waals surface area contributed by atoms with Gasteiger partial charge in [-0.15, -0.1) is 11.3 Å². The fourth-order valence-electron chi connectivity index (χ4n) is 3.23. The fourth-order valence-corrected chi connectivity index (χ4v) is 5.55. The Bertz CT molecular complexity index is 873. The van der Waals surface area contributed by atoms with E-state index in [0.29, 0.717) is 30.1 Å². The third kappa shape index (κ3) is 5.16. The van der Waals surface area contributed by atoms with Gasteiger partial charge in [-0.2, -0.15) is 0 Å². The van der Waals surface area contributed by atoms with Crippen molar-refractivity contribution in [2.24, 2.45) is 0 Å². The molecular weight excluding hydrogens is 382 g/mol. The van der Waals surface area contributed by atoms with Crippen LogP contribution in [0, 0.1) is 6.92 Å². The van der Waals surface area contributed by atoms with Gasteiger partial charge in [0.25, 0.3) is 0 Å². The Kier molecular flexibility index (Phi) is 6.31. The van der Waals surface area contributed by atoms with E-state index in [4.69, 9.17) is 0 Å². The third-order valence-electron chi connectivity index (χ3n) is 4.82. The van der Waals surface area contributed by atoms with Crippen molar-refractivity contribution in [1.82, 2.24) is 9.62 Å². The topological polar surface area (TPSA) is 78.5 Å². The molecule has 146 valence electrons. The van der Waals surface area contributed by atoms with Crippen molar-refractivity contribution in [2.75, 3.05) is 18.4 Å². The number of benzene rings is 1. The number of thiophene rings is 1. The number of piperidine rings is 1. The zero-order valence-electron chi connectivity index (χ0n) is 15.5. The predicted octanol–water partition coefficient (Wildman–Crippen LogP) is 2.83. The molecule has 1 aliphatic rings. The largest absolute Gasteiger partial charge is 0.325 e. The van der Waals surface area contributed by atoms with Crippen molar-refractivity contribution in [3.05, 3.63) is 47.3 Å². The van der Waals surface area contributed by atoms with Crippen molar-refractivity contribution >= 4 is 33.0 Å². The second kappa shape index (κ2) is 8.52. The van der Waals surface area contributed by atoms with Crippen molar-refractivity contribution in [2.45, 2.75) is 43.0 Å². The van der Waals surface area contributed by atoms with E-state index >= 15 is 0 Å². The van der Waals surface area contributed by atoms with Crippen LogP contribution in [0.4, 0.5) is 5.69 Å². The van der Waals surface area contributed by atoms with Crippen LogP contribution in [-0.4, -0.2) is 44.4 Å². The van der Waals surface area contributed by atoms with Gasteiger partial charge in [-0.3, -0.25) is 9.69 Å². The molecular formula is C19H25N3O3S2. The third-order valence-corrected chi connectivity index (χ3v) is 7.74. The summed E-state index contributed by atoms with van der Waals surface area (Å²) in [4.78, 5) is 14.6. The van der Waals surface area contributed by atoms with Crippen LogP contribution in [0.25, 0.3) is 0 Å². The van der Waals surface area contributed by atoms with Gasteiger partial charge in [0.2, 0.25) is 15.9 Å². The highest BCUT2D eigenvalue weighted by Crippen LogP contribution is 2.20. The van der Waals surface area contributed by atoms with E-state index in [1.165, 1.54) is 11.3 Å². The molecule has 2 N–H and O–H groups in total. The summed E-state index contributed by atoms with van der Waals surface area (Å²) in [6.07, 6.45) is 1.37. The van der Waals surface area contributed by atoms with Gasteiger partial charge < -0.3 is 5.32 Å². The normalized spacial score (nSPS) is 17.6. The van der Waals surface area contributed by atoms with Crippen LogP contribution in [0.3, 0.4) is 0 Å². The summed E-state index contributed by atoms with van der Waals surface area (Å²) in [7, 11) is -3.44. The van der Waals surface area contributed by atoms with Crippen LogP contribution >= 0.6 is 11.3 Å². The highest BCUT2D eigenvalue weighted by Gasteiger charge is 2.29. The molecule has 2 aromatic rings. The van der Waals surface area contributed by atoms with E-state index in [1.807, 2.05) is 38.1 Å². The van der Waals surface area contributed by atoms with Crippen molar-refractivity contribution in [3.8, 4) is 0 Å². The van der Waals surface area contributed by atoms with E-state index in [0.717, 1.165) is 11.3 Å². The minimum absolute atomic E-state index is 0.0433. The monoisotopic (exact) mass is 407 g/mol. The molecule has 1 aliphatic heterocycles. The summed E-state index contributed by atoms with van der Waals surface area (Å²) < 4.78 is 27.8. The second-order valence-electron chi connectivity index (χ2n) is 6.90. The smallest absolute Gasteiger partial charge is 0.250 e. The second-order valence-corrected chi connectivity index (χ2v) is 9.79. The zero-order valence-corrected chi connectivity index (χ0v) is 17.1. The van der Waals surface area contributed by atoms with Crippen LogP contribution in [0.5, 0.6) is 0 Å². The first-order chi connectivity index (χ1) is 12.8. The molecule has 27 heavy (non-hydrogen) atoms. The Balaban J connectivity index is 1.51. The molecule has 0 aliphatic carbocycles. The summed E-state index contributed by atoms with van der Waals surface area (Å²) in [6.45, 7) is 5.24. The van der Waals surface area contributed by atoms with Crippen LogP contribution in [-0.2, 0) is 14.8 Å². The van der Waals surface area contributed by atoms with Crippen LogP contribution < -0.4 is 10.0 Å². The number of sulfonamides is 1. The first-order valence-corrected chi connectivity index (χ1v) is 11.4. The summed E-state index contributed by atoms with van der Waals surface area (Å²) in [6, 6.07) is 10.7. The Hall–Kier alpha value is -1.74. The summed E-state index contributed by atoms with van der Waals surface area (Å²) in [5.74, 6) is -0.0433. The number of nitrogens with zero attached hydrogens (tertiary/aromatic N) is 1. The minimum Gasteiger partial charge on any atom is -0.325 e. The van der Waals surface area contributed by atoms with Gasteiger partial charge in [0.1, 0.15) is 4.21 Å². The number of aryl methyl sites for hydroxylation is 1. The number of hydrogen-bond donors (Lipinski definition) is 2. The Labute approximate surface area is 164 Å². The number of hydrogen-bond acceptors (Lipinski definition) is 5. The van der Waals surface area contributed by atoms with Crippen molar-refractivity contribution in [1.29, 1.82) is 0 Å². The lowest BCUT2D eigenvalue weighted by Crippen LogP contribution is -2.50. The number of carbonyl (C=O) groups excluding carboxylic acids is 1. The number of likely N-dealkylation sites (tertiary alicyclic amines) is 1. The maximum absolute atomic E-state index is 12.5. The number of rotatable bonds is 6. The number of carbonyl (C=O) groups is 1. The maximum Gasteiger partial charge on any atom is 0.250 e. The molecule has 1 aromatic carbocycles. The van der Waals surface area contributed by atoms with Crippen molar-refractivity contribution < 1.29 is 13.2 Å². The predicted molar refractivity (Wildman–Crippen MR) is 109 cm³/mol. The molecule has 1 amide bonds. The number of amides is 1. The molecule has 0 saturated carbocycles. The molecule has 1 aromatic heterocycles. The lowest BCUT2D eigenvalue weighted by atomic mass is 10.0. The molecule has 0 bridgehead atoms. The molecule has 0 radical (unpaired) electrons. The van der Waals surface area contributed by atoms with Gasteiger partial charge in [-0.25, -0.2) is 13.1 Å². The molecule has 8 heteroatoms. The van der Waals surface area contributed by atoms with E-state index in [9.17, 15) is 13.2 Å². The van der Waals surface area contributed by atoms with Gasteiger partial charge in [-0.05, 0) is 55.8 Å². The van der Waals surface area contributed by atoms with Crippen LogP contribution in [0.2, 0.25) is 0 Å². The SMILES string of the molecule is Cc1cccc(NC(=O)C(C)N2CCC(NS(=O)(=O)c3cccs3)CC2)c1. The fraction of sp³-hybridized carbons (Fsp3) is 0.421. The Morgan fingerprint density at radius 2 is 1.96 bits per heavy atom. The van der Waals surface area contributed by atoms with Crippen LogP contribution in [0.15, 0.2) is 46.0 Å². The van der Waals surface area contributed by atoms with Crippen LogP contribution in [0.1, 0.15) is 25.3 Å². The molecule has 3 rings (SSSR count). The van der Waals surface area contributed by atoms with Gasteiger partial charge in [-0.1, -0.05) is 18.2 Å². The summed E-state index contributed by atoms with van der Waals surface area (Å²) in [5.41, 5.74) is 1.89. The number of anilines is 1. The molecule has 0 spiro atoms. The maximum atomic E-state index is 12.5. The highest BCUT2D eigenvalue weighted by atomic mass is 32.2. The highest BCUT2D eigenvalue weighted by molar-refractivity contribution is 7.91. The van der Waals surface area contributed by atoms with Gasteiger partial charge in [0, 0.05) is 24.8 Å². The minimum atomic E-state index is -3.44. The molecule has 6 nitrogen and oxygen atoms in total. The summed E-state index contributed by atoms with van der Waals surface area (Å²) in [5, 5.41) is 4.71. The zero-order chi connectivity index (χ0) is 19.4. The van der Waals surface area contributed by atoms with E-state index in [1.54, 1.807) is 17.5 Å². The average molecular weight is 408 g/mol. The molecule has 1 atom stereocenters. The van der Waals surface area contributed by atoms with Gasteiger partial charge in [0.15, 0.2) is 0 Å². The average Bonchev–Trinajstić information content (AvgIpc) is 3.17. The standard InChI is InChI=1S/C19H25N3O3S2/c1-14-5-3-6-17(13-14)20-19(23)15(2)22-10-8-16(9-11-22)21-27(24,25)18-7-4-12-26-18/h3-7,12-13,15-16,21H,8-11H2,1-2H3,(H,20,23). The quantitative estimate of drug-likeness (QED) is 0.772. The van der Waals surface area contributed by atoms with Gasteiger partial charge in [0.05, 0.1) is 6.04 Å². The van der Waals surface area contributed by atoms with Gasteiger partial charge >= 0.3 is 0 Å².